The van der Waals surface area contributed by atoms with Gasteiger partial charge in [-0.1, -0.05) is 42.1 Å². The molecule has 1 heterocycles. The number of hydrogen-bond acceptors (Lipinski definition) is 3. The molecule has 1 aromatic carbocycles. The molecule has 3 nitrogen and oxygen atoms in total. The lowest BCUT2D eigenvalue weighted by Gasteiger charge is -2.17. The maximum atomic E-state index is 4.29. The normalized spacial score (nSPS) is 16.7. The van der Waals surface area contributed by atoms with Gasteiger partial charge in [-0.3, -0.25) is 0 Å². The van der Waals surface area contributed by atoms with Gasteiger partial charge in [0.2, 0.25) is 0 Å². The Kier molecular flexibility index (Phi) is 3.67. The summed E-state index contributed by atoms with van der Waals surface area (Å²) in [4.78, 5) is 7.44. The van der Waals surface area contributed by atoms with Crippen LogP contribution in [-0.4, -0.2) is 16.5 Å². The van der Waals surface area contributed by atoms with Crippen LogP contribution in [0.25, 0.3) is 0 Å². The van der Waals surface area contributed by atoms with E-state index >= 15 is 0 Å². The molecule has 1 aliphatic carbocycles. The van der Waals surface area contributed by atoms with E-state index in [9.17, 15) is 0 Å². The van der Waals surface area contributed by atoms with Crippen molar-refractivity contribution in [3.63, 3.8) is 0 Å². The van der Waals surface area contributed by atoms with Crippen molar-refractivity contribution in [1.82, 2.24) is 15.3 Å². The number of imidazole rings is 1. The fourth-order valence-electron chi connectivity index (χ4n) is 1.88. The molecule has 1 aromatic heterocycles. The number of nitrogens with zero attached hydrogens (tertiary/aromatic N) is 1. The molecular weight excluding hydrogens is 242 g/mol. The summed E-state index contributed by atoms with van der Waals surface area (Å²) in [6.45, 7) is 1.10. The summed E-state index contributed by atoms with van der Waals surface area (Å²) >= 11 is 1.74. The number of hydrogen-bond donors (Lipinski definition) is 2. The van der Waals surface area contributed by atoms with Gasteiger partial charge in [-0.05, 0) is 30.9 Å². The van der Waals surface area contributed by atoms with Gasteiger partial charge >= 0.3 is 0 Å². The van der Waals surface area contributed by atoms with Crippen LogP contribution < -0.4 is 5.32 Å². The fraction of sp³-hybridized carbons (Fsp3) is 0.357. The quantitative estimate of drug-likeness (QED) is 0.618. The topological polar surface area (TPSA) is 40.7 Å². The van der Waals surface area contributed by atoms with E-state index in [0.717, 1.165) is 17.6 Å². The third-order valence-corrected chi connectivity index (χ3v) is 4.21. The summed E-state index contributed by atoms with van der Waals surface area (Å²) in [5.41, 5.74) is 1.31. The van der Waals surface area contributed by atoms with Gasteiger partial charge in [-0.25, -0.2) is 4.98 Å². The third-order valence-electron chi connectivity index (χ3n) is 3.09. The van der Waals surface area contributed by atoms with Crippen molar-refractivity contribution < 1.29 is 0 Å². The molecule has 0 saturated heterocycles. The molecule has 1 unspecified atom stereocenters. The molecule has 1 atom stereocenters. The second-order valence-electron chi connectivity index (χ2n) is 4.65. The van der Waals surface area contributed by atoms with E-state index in [2.05, 4.69) is 45.6 Å². The first-order valence-electron chi connectivity index (χ1n) is 6.36. The molecule has 2 N–H and O–H groups in total. The molecule has 1 saturated carbocycles. The molecule has 4 heteroatoms. The van der Waals surface area contributed by atoms with Gasteiger partial charge < -0.3 is 10.3 Å². The van der Waals surface area contributed by atoms with Gasteiger partial charge in [0.25, 0.3) is 0 Å². The molecule has 0 bridgehead atoms. The number of thioether (sulfide) groups is 1. The zero-order chi connectivity index (χ0) is 12.2. The summed E-state index contributed by atoms with van der Waals surface area (Å²) in [6, 6.07) is 10.6. The van der Waals surface area contributed by atoms with E-state index in [1.54, 1.807) is 18.0 Å². The Morgan fingerprint density at radius 1 is 1.33 bits per heavy atom. The van der Waals surface area contributed by atoms with E-state index in [4.69, 9.17) is 0 Å². The van der Waals surface area contributed by atoms with E-state index in [1.165, 1.54) is 18.4 Å². The largest absolute Gasteiger partial charge is 0.340 e. The van der Waals surface area contributed by atoms with Crippen molar-refractivity contribution in [2.24, 2.45) is 5.92 Å². The molecule has 18 heavy (non-hydrogen) atoms. The van der Waals surface area contributed by atoms with Crippen LogP contribution in [0, 0.1) is 5.92 Å². The zero-order valence-electron chi connectivity index (χ0n) is 10.2. The van der Waals surface area contributed by atoms with Gasteiger partial charge in [0.05, 0.1) is 5.37 Å². The van der Waals surface area contributed by atoms with Crippen molar-refractivity contribution >= 4 is 11.8 Å². The van der Waals surface area contributed by atoms with Gasteiger partial charge in [0.15, 0.2) is 5.16 Å². The van der Waals surface area contributed by atoms with Crippen LogP contribution in [0.1, 0.15) is 23.8 Å². The zero-order valence-corrected chi connectivity index (χ0v) is 11.0. The first-order valence-corrected chi connectivity index (χ1v) is 7.24. The monoisotopic (exact) mass is 259 g/mol. The molecule has 3 rings (SSSR count). The summed E-state index contributed by atoms with van der Waals surface area (Å²) in [5, 5.41) is 4.88. The van der Waals surface area contributed by atoms with Crippen molar-refractivity contribution in [3.05, 3.63) is 48.3 Å². The molecule has 0 spiro atoms. The number of nitrogens with one attached hydrogen (secondary N) is 2. The van der Waals surface area contributed by atoms with E-state index in [1.807, 2.05) is 6.20 Å². The molecular formula is C14H17N3S. The van der Waals surface area contributed by atoms with E-state index in [0.29, 0.717) is 0 Å². The number of aromatic nitrogens is 2. The van der Waals surface area contributed by atoms with Crippen molar-refractivity contribution in [2.75, 3.05) is 6.54 Å². The molecule has 1 fully saturated rings. The lowest BCUT2D eigenvalue weighted by atomic mass is 10.2. The Balaban J connectivity index is 1.70. The average molecular weight is 259 g/mol. The predicted molar refractivity (Wildman–Crippen MR) is 74.4 cm³/mol. The van der Waals surface area contributed by atoms with E-state index in [-0.39, 0.29) is 5.37 Å². The fourth-order valence-corrected chi connectivity index (χ4v) is 2.83. The third kappa shape index (κ3) is 3.15. The summed E-state index contributed by atoms with van der Waals surface area (Å²) in [5.74, 6) is 0.883. The van der Waals surface area contributed by atoms with Crippen LogP contribution >= 0.6 is 11.8 Å². The van der Waals surface area contributed by atoms with Crippen LogP contribution in [0.3, 0.4) is 0 Å². The number of aromatic amines is 1. The predicted octanol–water partition coefficient (Wildman–Crippen LogP) is 3.20. The SMILES string of the molecule is c1ccc(C(NCC2CC2)Sc2ncc[nH]2)cc1. The highest BCUT2D eigenvalue weighted by Crippen LogP contribution is 2.33. The van der Waals surface area contributed by atoms with Crippen molar-refractivity contribution in [1.29, 1.82) is 0 Å². The van der Waals surface area contributed by atoms with E-state index < -0.39 is 0 Å². The molecule has 94 valence electrons. The molecule has 0 amide bonds. The molecule has 2 aromatic rings. The molecule has 1 aliphatic rings. The maximum absolute atomic E-state index is 4.29. The Morgan fingerprint density at radius 2 is 2.17 bits per heavy atom. The first kappa shape index (κ1) is 11.8. The summed E-state index contributed by atoms with van der Waals surface area (Å²) in [6.07, 6.45) is 6.41. The Morgan fingerprint density at radius 3 is 2.83 bits per heavy atom. The smallest absolute Gasteiger partial charge is 0.167 e. The van der Waals surface area contributed by atoms with Crippen LogP contribution in [0.4, 0.5) is 0 Å². The van der Waals surface area contributed by atoms with Gasteiger partial charge in [-0.2, -0.15) is 0 Å². The Hall–Kier alpha value is -1.26. The highest BCUT2D eigenvalue weighted by Gasteiger charge is 2.23. The Bertz CT molecular complexity index is 465. The van der Waals surface area contributed by atoms with Gasteiger partial charge in [0, 0.05) is 12.4 Å². The minimum absolute atomic E-state index is 0.276. The molecule has 0 aliphatic heterocycles. The van der Waals surface area contributed by atoms with Crippen molar-refractivity contribution in [3.8, 4) is 0 Å². The lowest BCUT2D eigenvalue weighted by Crippen LogP contribution is -2.21. The summed E-state index contributed by atoms with van der Waals surface area (Å²) in [7, 11) is 0. The van der Waals surface area contributed by atoms with Gasteiger partial charge in [-0.15, -0.1) is 0 Å². The number of benzene rings is 1. The van der Waals surface area contributed by atoms with Gasteiger partial charge in [0.1, 0.15) is 0 Å². The highest BCUT2D eigenvalue weighted by molar-refractivity contribution is 7.99. The van der Waals surface area contributed by atoms with Crippen LogP contribution in [0.5, 0.6) is 0 Å². The minimum Gasteiger partial charge on any atom is -0.340 e. The van der Waals surface area contributed by atoms with Crippen LogP contribution in [-0.2, 0) is 0 Å². The highest BCUT2D eigenvalue weighted by atomic mass is 32.2. The Labute approximate surface area is 111 Å². The van der Waals surface area contributed by atoms with Crippen LogP contribution in [0.15, 0.2) is 47.9 Å². The summed E-state index contributed by atoms with van der Waals surface area (Å²) < 4.78 is 0. The number of H-pyrrole nitrogens is 1. The second-order valence-corrected chi connectivity index (χ2v) is 5.75. The molecule has 0 radical (unpaired) electrons. The average Bonchev–Trinajstić information content (AvgIpc) is 3.11. The van der Waals surface area contributed by atoms with Crippen LogP contribution in [0.2, 0.25) is 0 Å². The lowest BCUT2D eigenvalue weighted by molar-refractivity contribution is 0.626. The number of rotatable bonds is 6. The second kappa shape index (κ2) is 5.59. The standard InChI is InChI=1S/C14H17N3S/c1-2-4-12(5-3-1)13(17-10-11-6-7-11)18-14-15-8-9-16-14/h1-5,8-9,11,13,17H,6-7,10H2,(H,15,16). The minimum atomic E-state index is 0.276. The van der Waals surface area contributed by atoms with Crippen molar-refractivity contribution in [2.45, 2.75) is 23.4 Å². The first-order chi connectivity index (χ1) is 8.92. The maximum Gasteiger partial charge on any atom is 0.167 e.